The monoisotopic (exact) mass is 440 g/mol. The Bertz CT molecular complexity index is 997. The fraction of sp³-hybridized carbons (Fsp3) is 0.304. The highest BCUT2D eigenvalue weighted by Crippen LogP contribution is 2.38. The molecule has 7 nitrogen and oxygen atoms in total. The molecular formula is C23H24N2O5S. The van der Waals surface area contributed by atoms with Gasteiger partial charge in [-0.3, -0.25) is 4.79 Å². The van der Waals surface area contributed by atoms with Gasteiger partial charge < -0.3 is 25.1 Å². The predicted molar refractivity (Wildman–Crippen MR) is 115 cm³/mol. The maximum Gasteiger partial charge on any atom is 0.268 e. The zero-order valence-corrected chi connectivity index (χ0v) is 17.7. The van der Waals surface area contributed by atoms with Gasteiger partial charge in [0, 0.05) is 5.38 Å². The Morgan fingerprint density at radius 1 is 1.13 bits per heavy atom. The zero-order chi connectivity index (χ0) is 21.7. The number of nitrogens with zero attached hydrogens (tertiary/aromatic N) is 1. The van der Waals surface area contributed by atoms with E-state index in [0.717, 1.165) is 22.5 Å². The van der Waals surface area contributed by atoms with Gasteiger partial charge in [0.05, 0.1) is 26.4 Å². The van der Waals surface area contributed by atoms with Crippen molar-refractivity contribution >= 4 is 17.2 Å². The average molecular weight is 441 g/mol. The van der Waals surface area contributed by atoms with E-state index >= 15 is 0 Å². The molecule has 2 aromatic carbocycles. The van der Waals surface area contributed by atoms with Crippen LogP contribution in [-0.4, -0.2) is 41.4 Å². The molecule has 3 N–H and O–H groups in total. The molecule has 8 heteroatoms. The molecule has 0 radical (unpaired) electrons. The Morgan fingerprint density at radius 2 is 1.77 bits per heavy atom. The maximum absolute atomic E-state index is 11.5. The van der Waals surface area contributed by atoms with Gasteiger partial charge in [0.1, 0.15) is 22.9 Å². The van der Waals surface area contributed by atoms with E-state index in [9.17, 15) is 9.90 Å². The Kier molecular flexibility index (Phi) is 6.74. The van der Waals surface area contributed by atoms with Crippen molar-refractivity contribution in [1.29, 1.82) is 0 Å². The van der Waals surface area contributed by atoms with E-state index in [1.807, 2.05) is 60.7 Å². The average Bonchev–Trinajstić information content (AvgIpc) is 3.41. The minimum atomic E-state index is -1.51. The van der Waals surface area contributed by atoms with Crippen molar-refractivity contribution in [2.24, 2.45) is 5.73 Å². The third kappa shape index (κ3) is 5.00. The molecule has 1 aliphatic rings. The van der Waals surface area contributed by atoms with Crippen molar-refractivity contribution in [3.8, 4) is 0 Å². The summed E-state index contributed by atoms with van der Waals surface area (Å²) in [5.41, 5.74) is 5.95. The highest BCUT2D eigenvalue weighted by molar-refractivity contribution is 7.10. The molecule has 0 spiro atoms. The molecule has 0 aliphatic carbocycles. The molecule has 31 heavy (non-hydrogen) atoms. The number of primary amides is 1. The largest absolute Gasteiger partial charge is 0.377 e. The molecule has 3 atom stereocenters. The van der Waals surface area contributed by atoms with Crippen molar-refractivity contribution in [3.63, 3.8) is 0 Å². The van der Waals surface area contributed by atoms with Crippen LogP contribution in [0.1, 0.15) is 26.6 Å². The second-order valence-electron chi connectivity index (χ2n) is 7.39. The van der Waals surface area contributed by atoms with Gasteiger partial charge in [-0.15, -0.1) is 11.3 Å². The fourth-order valence-electron chi connectivity index (χ4n) is 3.49. The van der Waals surface area contributed by atoms with Gasteiger partial charge in [-0.1, -0.05) is 60.7 Å². The molecule has 1 amide bonds. The van der Waals surface area contributed by atoms with E-state index in [2.05, 4.69) is 4.98 Å². The number of hydrogen-bond donors (Lipinski definition) is 2. The van der Waals surface area contributed by atoms with Gasteiger partial charge in [-0.25, -0.2) is 4.98 Å². The fourth-order valence-corrected chi connectivity index (χ4v) is 4.41. The second kappa shape index (κ2) is 9.67. The Morgan fingerprint density at radius 3 is 2.39 bits per heavy atom. The number of aromatic nitrogens is 1. The quantitative estimate of drug-likeness (QED) is 0.530. The highest BCUT2D eigenvalue weighted by Gasteiger charge is 2.53. The van der Waals surface area contributed by atoms with Gasteiger partial charge in [0.15, 0.2) is 5.60 Å². The number of rotatable bonds is 9. The molecule has 162 valence electrons. The van der Waals surface area contributed by atoms with Gasteiger partial charge in [0.2, 0.25) is 0 Å². The van der Waals surface area contributed by atoms with Crippen LogP contribution in [0.25, 0.3) is 0 Å². The second-order valence-corrected chi connectivity index (χ2v) is 8.25. The first-order valence-corrected chi connectivity index (χ1v) is 10.8. The smallest absolute Gasteiger partial charge is 0.268 e. The van der Waals surface area contributed by atoms with Gasteiger partial charge in [0.25, 0.3) is 5.91 Å². The van der Waals surface area contributed by atoms with Crippen LogP contribution >= 0.6 is 11.3 Å². The number of nitrogens with two attached hydrogens (primary N) is 1. The topological polar surface area (TPSA) is 104 Å². The standard InChI is InChI=1S/C23H24N2O5S/c24-21(26)18-14-31-22(25-18)23(27)15-30-19(13-28-11-16-7-3-1-4-8-16)20(23)29-12-17-9-5-2-6-10-17/h1-10,14,19-20,27H,11-13,15H2,(H2,24,26)/t19-,20-,23+/m1/s1. The van der Waals surface area contributed by atoms with E-state index in [0.29, 0.717) is 18.2 Å². The Hall–Kier alpha value is -2.62. The summed E-state index contributed by atoms with van der Waals surface area (Å²) in [4.78, 5) is 15.7. The molecule has 1 aromatic heterocycles. The maximum atomic E-state index is 11.5. The summed E-state index contributed by atoms with van der Waals surface area (Å²) in [6.45, 7) is 0.941. The van der Waals surface area contributed by atoms with Crippen LogP contribution in [-0.2, 0) is 33.0 Å². The summed E-state index contributed by atoms with van der Waals surface area (Å²) in [5.74, 6) is -0.644. The lowest BCUT2D eigenvalue weighted by Crippen LogP contribution is -2.44. The van der Waals surface area contributed by atoms with Crippen LogP contribution in [0, 0.1) is 0 Å². The van der Waals surface area contributed by atoms with Crippen LogP contribution in [0.4, 0.5) is 0 Å². The normalized spacial score (nSPS) is 23.1. The summed E-state index contributed by atoms with van der Waals surface area (Å²) < 4.78 is 17.9. The van der Waals surface area contributed by atoms with Crippen LogP contribution < -0.4 is 5.73 Å². The summed E-state index contributed by atoms with van der Waals surface area (Å²) in [6.07, 6.45) is -1.23. The lowest BCUT2D eigenvalue weighted by molar-refractivity contribution is -0.111. The van der Waals surface area contributed by atoms with Crippen LogP contribution in [0.3, 0.4) is 0 Å². The lowest BCUT2D eigenvalue weighted by atomic mass is 9.97. The molecule has 0 saturated carbocycles. The number of amides is 1. The van der Waals surface area contributed by atoms with Crippen molar-refractivity contribution < 1.29 is 24.1 Å². The molecule has 4 rings (SSSR count). The van der Waals surface area contributed by atoms with Crippen LogP contribution in [0.15, 0.2) is 66.0 Å². The zero-order valence-electron chi connectivity index (χ0n) is 16.8. The van der Waals surface area contributed by atoms with E-state index in [1.54, 1.807) is 0 Å². The first-order chi connectivity index (χ1) is 15.1. The Labute approximate surface area is 184 Å². The molecule has 1 fully saturated rings. The van der Waals surface area contributed by atoms with E-state index in [1.165, 1.54) is 5.38 Å². The van der Waals surface area contributed by atoms with E-state index in [-0.39, 0.29) is 18.9 Å². The SMILES string of the molecule is NC(=O)c1csc([C@]2(O)CO[C@H](COCc3ccccc3)[C@H]2OCc2ccccc2)n1. The number of carbonyl (C=O) groups is 1. The molecular weight excluding hydrogens is 416 g/mol. The predicted octanol–water partition coefficient (Wildman–Crippen LogP) is 2.63. The molecule has 3 aromatic rings. The first kappa shape index (κ1) is 21.6. The highest BCUT2D eigenvalue weighted by atomic mass is 32.1. The van der Waals surface area contributed by atoms with Crippen LogP contribution in [0.2, 0.25) is 0 Å². The third-order valence-corrected chi connectivity index (χ3v) is 6.13. The number of benzene rings is 2. The van der Waals surface area contributed by atoms with Gasteiger partial charge in [-0.05, 0) is 11.1 Å². The summed E-state index contributed by atoms with van der Waals surface area (Å²) >= 11 is 1.16. The number of thiazole rings is 1. The molecule has 0 unspecified atom stereocenters. The Balaban J connectivity index is 1.50. The molecule has 2 heterocycles. The number of aliphatic hydroxyl groups is 1. The third-order valence-electron chi connectivity index (χ3n) is 5.12. The summed E-state index contributed by atoms with van der Waals surface area (Å²) in [5, 5.41) is 13.3. The minimum absolute atomic E-state index is 0.0163. The minimum Gasteiger partial charge on any atom is -0.377 e. The van der Waals surface area contributed by atoms with Crippen LogP contribution in [0.5, 0.6) is 0 Å². The number of carbonyl (C=O) groups excluding carboxylic acids is 1. The lowest BCUT2D eigenvalue weighted by Gasteiger charge is -2.29. The van der Waals surface area contributed by atoms with E-state index in [4.69, 9.17) is 19.9 Å². The molecule has 1 aliphatic heterocycles. The van der Waals surface area contributed by atoms with Gasteiger partial charge in [-0.2, -0.15) is 0 Å². The molecule has 0 bridgehead atoms. The summed E-state index contributed by atoms with van der Waals surface area (Å²) in [7, 11) is 0. The van der Waals surface area contributed by atoms with Gasteiger partial charge >= 0.3 is 0 Å². The van der Waals surface area contributed by atoms with Crippen molar-refractivity contribution in [2.45, 2.75) is 31.0 Å². The van der Waals surface area contributed by atoms with Crippen molar-refractivity contribution in [3.05, 3.63) is 87.9 Å². The molecule has 1 saturated heterocycles. The number of ether oxygens (including phenoxy) is 3. The van der Waals surface area contributed by atoms with Crippen molar-refractivity contribution in [1.82, 2.24) is 4.98 Å². The van der Waals surface area contributed by atoms with Crippen molar-refractivity contribution in [2.75, 3.05) is 13.2 Å². The number of hydrogen-bond acceptors (Lipinski definition) is 7. The summed E-state index contributed by atoms with van der Waals surface area (Å²) in [6, 6.07) is 19.5. The van der Waals surface area contributed by atoms with E-state index < -0.39 is 23.7 Å². The first-order valence-electron chi connectivity index (χ1n) is 9.93.